The number of aromatic nitrogens is 2. The maximum atomic E-state index is 10.5. The monoisotopic (exact) mass is 322 g/mol. The predicted molar refractivity (Wildman–Crippen MR) is 76.8 cm³/mol. The molecule has 0 amide bonds. The standard InChI is InChI=1S/C13H11BrN2OS/c1-16-11-5-3-2-4-8(11)12(15-16)13(17)9-6-18-7-10(9)14/h2-7,13,17H,1H3. The molecule has 1 N–H and O–H groups in total. The molecule has 0 bridgehead atoms. The molecule has 0 radical (unpaired) electrons. The highest BCUT2D eigenvalue weighted by atomic mass is 79.9. The number of aliphatic hydroxyl groups excluding tert-OH is 1. The molecule has 3 nitrogen and oxygen atoms in total. The smallest absolute Gasteiger partial charge is 0.125 e. The second kappa shape index (κ2) is 4.50. The Kier molecular flexibility index (Phi) is 2.97. The van der Waals surface area contributed by atoms with Gasteiger partial charge in [-0.1, -0.05) is 18.2 Å². The largest absolute Gasteiger partial charge is 0.382 e. The van der Waals surface area contributed by atoms with Gasteiger partial charge in [0.1, 0.15) is 11.8 Å². The maximum Gasteiger partial charge on any atom is 0.125 e. The van der Waals surface area contributed by atoms with Gasteiger partial charge < -0.3 is 5.11 Å². The molecule has 2 aromatic heterocycles. The molecule has 1 atom stereocenters. The Hall–Kier alpha value is -1.17. The Morgan fingerprint density at radius 3 is 2.83 bits per heavy atom. The van der Waals surface area contributed by atoms with E-state index in [9.17, 15) is 5.11 Å². The van der Waals surface area contributed by atoms with E-state index in [-0.39, 0.29) is 0 Å². The van der Waals surface area contributed by atoms with Crippen LogP contribution in [-0.4, -0.2) is 14.9 Å². The number of nitrogens with zero attached hydrogens (tertiary/aromatic N) is 2. The zero-order chi connectivity index (χ0) is 12.7. The highest BCUT2D eigenvalue weighted by molar-refractivity contribution is 9.10. The average Bonchev–Trinajstić information content (AvgIpc) is 2.94. The van der Waals surface area contributed by atoms with Crippen LogP contribution in [0, 0.1) is 0 Å². The number of halogens is 1. The summed E-state index contributed by atoms with van der Waals surface area (Å²) in [6, 6.07) is 7.92. The third kappa shape index (κ3) is 1.79. The van der Waals surface area contributed by atoms with Crippen molar-refractivity contribution >= 4 is 38.2 Å². The number of benzene rings is 1. The van der Waals surface area contributed by atoms with Crippen molar-refractivity contribution in [3.05, 3.63) is 50.8 Å². The average molecular weight is 323 g/mol. The number of fused-ring (bicyclic) bond motifs is 1. The van der Waals surface area contributed by atoms with Crippen LogP contribution < -0.4 is 0 Å². The first-order chi connectivity index (χ1) is 8.68. The molecule has 0 spiro atoms. The molecule has 3 aromatic rings. The molecule has 0 saturated carbocycles. The van der Waals surface area contributed by atoms with E-state index >= 15 is 0 Å². The van der Waals surface area contributed by atoms with E-state index in [0.29, 0.717) is 5.69 Å². The number of hydrogen-bond acceptors (Lipinski definition) is 3. The van der Waals surface area contributed by atoms with Gasteiger partial charge >= 0.3 is 0 Å². The van der Waals surface area contributed by atoms with E-state index in [2.05, 4.69) is 21.0 Å². The maximum absolute atomic E-state index is 10.5. The zero-order valence-corrected chi connectivity index (χ0v) is 12.1. The molecule has 0 aliphatic heterocycles. The lowest BCUT2D eigenvalue weighted by Gasteiger charge is -2.07. The van der Waals surface area contributed by atoms with Crippen molar-refractivity contribution in [3.8, 4) is 0 Å². The number of rotatable bonds is 2. The van der Waals surface area contributed by atoms with Gasteiger partial charge in [-0.3, -0.25) is 4.68 Å². The van der Waals surface area contributed by atoms with Gasteiger partial charge in [-0.15, -0.1) is 0 Å². The van der Waals surface area contributed by atoms with E-state index in [1.54, 1.807) is 16.0 Å². The molecule has 5 heteroatoms. The summed E-state index contributed by atoms with van der Waals surface area (Å²) < 4.78 is 2.73. The lowest BCUT2D eigenvalue weighted by atomic mass is 10.1. The summed E-state index contributed by atoms with van der Waals surface area (Å²) in [5.41, 5.74) is 2.59. The molecule has 0 saturated heterocycles. The molecule has 18 heavy (non-hydrogen) atoms. The molecular weight excluding hydrogens is 312 g/mol. The van der Waals surface area contributed by atoms with Crippen molar-refractivity contribution in [2.24, 2.45) is 7.05 Å². The molecule has 92 valence electrons. The third-order valence-corrected chi connectivity index (χ3v) is 4.73. The first-order valence-electron chi connectivity index (χ1n) is 5.50. The van der Waals surface area contributed by atoms with E-state index in [1.165, 1.54) is 0 Å². The minimum atomic E-state index is -0.697. The Morgan fingerprint density at radius 2 is 2.11 bits per heavy atom. The molecular formula is C13H11BrN2OS. The summed E-state index contributed by atoms with van der Waals surface area (Å²) in [4.78, 5) is 0. The van der Waals surface area contributed by atoms with Gasteiger partial charge in [0, 0.05) is 27.9 Å². The minimum Gasteiger partial charge on any atom is -0.382 e. The van der Waals surface area contributed by atoms with Crippen molar-refractivity contribution < 1.29 is 5.11 Å². The summed E-state index contributed by atoms with van der Waals surface area (Å²) in [6.07, 6.45) is -0.697. The van der Waals surface area contributed by atoms with Gasteiger partial charge in [-0.2, -0.15) is 16.4 Å². The Labute approximate surface area is 117 Å². The fraction of sp³-hybridized carbons (Fsp3) is 0.154. The molecule has 1 aromatic carbocycles. The number of thiophene rings is 1. The van der Waals surface area contributed by atoms with E-state index < -0.39 is 6.10 Å². The fourth-order valence-electron chi connectivity index (χ4n) is 2.08. The fourth-order valence-corrected chi connectivity index (χ4v) is 3.61. The van der Waals surface area contributed by atoms with Crippen LogP contribution in [0.15, 0.2) is 39.5 Å². The van der Waals surface area contributed by atoms with Crippen molar-refractivity contribution in [1.29, 1.82) is 0 Å². The van der Waals surface area contributed by atoms with Gasteiger partial charge in [0.05, 0.1) is 5.52 Å². The van der Waals surface area contributed by atoms with Gasteiger partial charge in [0.15, 0.2) is 0 Å². The van der Waals surface area contributed by atoms with Crippen LogP contribution in [0.25, 0.3) is 10.9 Å². The van der Waals surface area contributed by atoms with Gasteiger partial charge in [-0.05, 0) is 27.4 Å². The SMILES string of the molecule is Cn1nc(C(O)c2cscc2Br)c2ccccc21. The lowest BCUT2D eigenvalue weighted by Crippen LogP contribution is -2.01. The van der Waals surface area contributed by atoms with Crippen molar-refractivity contribution in [2.75, 3.05) is 0 Å². The molecule has 0 fully saturated rings. The van der Waals surface area contributed by atoms with E-state index in [0.717, 1.165) is 20.9 Å². The Balaban J connectivity index is 2.18. The van der Waals surface area contributed by atoms with Crippen LogP contribution in [0.1, 0.15) is 17.4 Å². The number of hydrogen-bond donors (Lipinski definition) is 1. The Bertz CT molecular complexity index is 704. The van der Waals surface area contributed by atoms with Crippen molar-refractivity contribution in [2.45, 2.75) is 6.10 Å². The van der Waals surface area contributed by atoms with E-state index in [1.807, 2.05) is 42.1 Å². The number of aryl methyl sites for hydroxylation is 1. The van der Waals surface area contributed by atoms with Crippen LogP contribution in [0.3, 0.4) is 0 Å². The molecule has 0 aliphatic rings. The van der Waals surface area contributed by atoms with E-state index in [4.69, 9.17) is 0 Å². The second-order valence-corrected chi connectivity index (χ2v) is 5.70. The number of para-hydroxylation sites is 1. The molecule has 2 heterocycles. The minimum absolute atomic E-state index is 0.697. The van der Waals surface area contributed by atoms with Crippen LogP contribution in [0.5, 0.6) is 0 Å². The Morgan fingerprint density at radius 1 is 1.33 bits per heavy atom. The second-order valence-electron chi connectivity index (χ2n) is 4.10. The van der Waals surface area contributed by atoms with Crippen molar-refractivity contribution in [1.82, 2.24) is 9.78 Å². The third-order valence-electron chi connectivity index (χ3n) is 2.98. The summed E-state index contributed by atoms with van der Waals surface area (Å²) in [6.45, 7) is 0. The summed E-state index contributed by atoms with van der Waals surface area (Å²) >= 11 is 5.01. The van der Waals surface area contributed by atoms with Crippen LogP contribution in [0.2, 0.25) is 0 Å². The highest BCUT2D eigenvalue weighted by Crippen LogP contribution is 2.33. The van der Waals surface area contributed by atoms with Gasteiger partial charge in [0.2, 0.25) is 0 Å². The number of aliphatic hydroxyl groups is 1. The lowest BCUT2D eigenvalue weighted by molar-refractivity contribution is 0.215. The molecule has 0 aliphatic carbocycles. The van der Waals surface area contributed by atoms with Crippen LogP contribution in [0.4, 0.5) is 0 Å². The topological polar surface area (TPSA) is 38.0 Å². The van der Waals surface area contributed by atoms with Gasteiger partial charge in [-0.25, -0.2) is 0 Å². The molecule has 3 rings (SSSR count). The summed E-state index contributed by atoms with van der Waals surface area (Å²) in [5, 5.41) is 19.8. The van der Waals surface area contributed by atoms with Crippen LogP contribution >= 0.6 is 27.3 Å². The van der Waals surface area contributed by atoms with Crippen LogP contribution in [-0.2, 0) is 7.05 Å². The first kappa shape index (κ1) is 11.9. The zero-order valence-electron chi connectivity index (χ0n) is 9.67. The van der Waals surface area contributed by atoms with Gasteiger partial charge in [0.25, 0.3) is 0 Å². The molecule has 1 unspecified atom stereocenters. The predicted octanol–water partition coefficient (Wildman–Crippen LogP) is 3.48. The summed E-state index contributed by atoms with van der Waals surface area (Å²) in [5.74, 6) is 0. The highest BCUT2D eigenvalue weighted by Gasteiger charge is 2.20. The summed E-state index contributed by atoms with van der Waals surface area (Å²) in [7, 11) is 1.89. The quantitative estimate of drug-likeness (QED) is 0.784. The van der Waals surface area contributed by atoms with Crippen molar-refractivity contribution in [3.63, 3.8) is 0 Å². The normalized spacial score (nSPS) is 13.1. The first-order valence-corrected chi connectivity index (χ1v) is 7.23.